The topological polar surface area (TPSA) is 104 Å². The zero-order chi connectivity index (χ0) is 13.8. The third-order valence-electron chi connectivity index (χ3n) is 2.90. The van der Waals surface area contributed by atoms with Crippen molar-refractivity contribution in [1.29, 1.82) is 0 Å². The Morgan fingerprint density at radius 2 is 2.21 bits per heavy atom. The van der Waals surface area contributed by atoms with Crippen molar-refractivity contribution in [2.45, 2.75) is 20.3 Å². The third kappa shape index (κ3) is 2.87. The molecule has 0 aliphatic heterocycles. The molecule has 2 rings (SSSR count). The van der Waals surface area contributed by atoms with Gasteiger partial charge in [0.05, 0.1) is 5.69 Å². The Morgan fingerprint density at radius 1 is 1.42 bits per heavy atom. The van der Waals surface area contributed by atoms with E-state index in [9.17, 15) is 9.59 Å². The van der Waals surface area contributed by atoms with Crippen LogP contribution < -0.4 is 10.9 Å². The number of H-pyrrole nitrogens is 2. The number of hydrogen-bond acceptors (Lipinski definition) is 4. The average Bonchev–Trinajstić information content (AvgIpc) is 2.87. The van der Waals surface area contributed by atoms with Crippen molar-refractivity contribution in [3.05, 3.63) is 45.4 Å². The van der Waals surface area contributed by atoms with Gasteiger partial charge >= 0.3 is 0 Å². The summed E-state index contributed by atoms with van der Waals surface area (Å²) >= 11 is 0. The molecule has 0 fully saturated rings. The fourth-order valence-corrected chi connectivity index (χ4v) is 1.72. The minimum atomic E-state index is -0.474. The van der Waals surface area contributed by atoms with Crippen LogP contribution in [0, 0.1) is 13.8 Å². The second-order valence-corrected chi connectivity index (χ2v) is 4.18. The van der Waals surface area contributed by atoms with Gasteiger partial charge < -0.3 is 10.3 Å². The second kappa shape index (κ2) is 5.47. The number of aromatic nitrogens is 4. The van der Waals surface area contributed by atoms with Gasteiger partial charge in [0.15, 0.2) is 0 Å². The molecule has 0 aliphatic rings. The van der Waals surface area contributed by atoms with Gasteiger partial charge in [-0.15, -0.1) is 0 Å². The fourth-order valence-electron chi connectivity index (χ4n) is 1.72. The van der Waals surface area contributed by atoms with Crippen molar-refractivity contribution in [2.24, 2.45) is 0 Å². The summed E-state index contributed by atoms with van der Waals surface area (Å²) in [7, 11) is 0. The van der Waals surface area contributed by atoms with Gasteiger partial charge in [0.2, 0.25) is 0 Å². The van der Waals surface area contributed by atoms with E-state index in [1.165, 1.54) is 0 Å². The van der Waals surface area contributed by atoms with Gasteiger partial charge in [-0.1, -0.05) is 0 Å². The van der Waals surface area contributed by atoms with Crippen LogP contribution in [0.15, 0.2) is 17.2 Å². The summed E-state index contributed by atoms with van der Waals surface area (Å²) in [5, 5.41) is 8.82. The minimum Gasteiger partial charge on any atom is -0.351 e. The second-order valence-electron chi connectivity index (χ2n) is 4.18. The number of carbonyl (C=O) groups excluding carboxylic acids is 1. The van der Waals surface area contributed by atoms with Gasteiger partial charge in [0.25, 0.3) is 11.5 Å². The van der Waals surface area contributed by atoms with E-state index in [0.717, 1.165) is 5.82 Å². The molecule has 3 N–H and O–H groups in total. The highest BCUT2D eigenvalue weighted by atomic mass is 16.2. The van der Waals surface area contributed by atoms with Crippen LogP contribution >= 0.6 is 0 Å². The van der Waals surface area contributed by atoms with E-state index in [4.69, 9.17) is 0 Å². The molecule has 7 heteroatoms. The molecule has 0 aliphatic carbocycles. The first kappa shape index (κ1) is 13.0. The number of nitrogens with one attached hydrogen (secondary N) is 3. The number of amides is 1. The monoisotopic (exact) mass is 261 g/mol. The van der Waals surface area contributed by atoms with Crippen LogP contribution in [-0.2, 0) is 6.42 Å². The lowest BCUT2D eigenvalue weighted by Gasteiger charge is -2.07. The lowest BCUT2D eigenvalue weighted by atomic mass is 10.1. The van der Waals surface area contributed by atoms with E-state index in [2.05, 4.69) is 25.5 Å². The van der Waals surface area contributed by atoms with E-state index < -0.39 is 11.5 Å². The predicted octanol–water partition coefficient (Wildman–Crippen LogP) is 0.0823. The molecule has 0 radical (unpaired) electrons. The standard InChI is InChI=1S/C12H15N5O2/c1-7-8(2)16-17-12(19)10(7)11(18)15-4-3-9-13-5-6-14-9/h5-6H,3-4H2,1-2H3,(H,13,14)(H,15,18)(H,17,19). The van der Waals surface area contributed by atoms with Crippen LogP contribution in [-0.4, -0.2) is 32.6 Å². The summed E-state index contributed by atoms with van der Waals surface area (Å²) < 4.78 is 0. The van der Waals surface area contributed by atoms with E-state index in [0.29, 0.717) is 24.2 Å². The van der Waals surface area contributed by atoms with Crippen molar-refractivity contribution in [2.75, 3.05) is 6.54 Å². The Balaban J connectivity index is 2.04. The number of aromatic amines is 2. The molecule has 0 atom stereocenters. The first-order valence-electron chi connectivity index (χ1n) is 5.92. The van der Waals surface area contributed by atoms with Crippen LogP contribution in [0.4, 0.5) is 0 Å². The van der Waals surface area contributed by atoms with Crippen LogP contribution in [0.3, 0.4) is 0 Å². The van der Waals surface area contributed by atoms with E-state index in [-0.39, 0.29) is 5.56 Å². The quantitative estimate of drug-likeness (QED) is 0.725. The molecule has 0 aromatic carbocycles. The number of aryl methyl sites for hydroxylation is 1. The maximum absolute atomic E-state index is 12.0. The van der Waals surface area contributed by atoms with Crippen molar-refractivity contribution in [3.8, 4) is 0 Å². The highest BCUT2D eigenvalue weighted by molar-refractivity contribution is 5.95. The van der Waals surface area contributed by atoms with Gasteiger partial charge in [-0.2, -0.15) is 5.10 Å². The number of carbonyl (C=O) groups is 1. The molecule has 2 aromatic heterocycles. The van der Waals surface area contributed by atoms with Crippen molar-refractivity contribution in [1.82, 2.24) is 25.5 Å². The molecule has 2 aromatic rings. The summed E-state index contributed by atoms with van der Waals surface area (Å²) in [5.41, 5.74) is 0.876. The van der Waals surface area contributed by atoms with Gasteiger partial charge in [-0.05, 0) is 19.4 Å². The molecular weight excluding hydrogens is 246 g/mol. The summed E-state index contributed by atoms with van der Waals surface area (Å²) in [5.74, 6) is 0.396. The average molecular weight is 261 g/mol. The zero-order valence-corrected chi connectivity index (χ0v) is 10.8. The van der Waals surface area contributed by atoms with Crippen LogP contribution in [0.2, 0.25) is 0 Å². The van der Waals surface area contributed by atoms with Gasteiger partial charge in [-0.3, -0.25) is 9.59 Å². The molecule has 0 saturated carbocycles. The normalized spacial score (nSPS) is 10.4. The molecular formula is C12H15N5O2. The Bertz CT molecular complexity index is 630. The number of hydrogen-bond donors (Lipinski definition) is 3. The van der Waals surface area contributed by atoms with E-state index in [1.807, 2.05) is 0 Å². The van der Waals surface area contributed by atoms with Crippen molar-refractivity contribution < 1.29 is 4.79 Å². The van der Waals surface area contributed by atoms with E-state index >= 15 is 0 Å². The lowest BCUT2D eigenvalue weighted by Crippen LogP contribution is -2.33. The van der Waals surface area contributed by atoms with Crippen molar-refractivity contribution in [3.63, 3.8) is 0 Å². The molecule has 0 saturated heterocycles. The number of rotatable bonds is 4. The molecule has 2 heterocycles. The van der Waals surface area contributed by atoms with E-state index in [1.54, 1.807) is 26.2 Å². The largest absolute Gasteiger partial charge is 0.351 e. The highest BCUT2D eigenvalue weighted by Gasteiger charge is 2.15. The lowest BCUT2D eigenvalue weighted by molar-refractivity contribution is 0.0951. The first-order valence-corrected chi connectivity index (χ1v) is 5.92. The maximum Gasteiger partial charge on any atom is 0.277 e. The van der Waals surface area contributed by atoms with Crippen LogP contribution in [0.5, 0.6) is 0 Å². The van der Waals surface area contributed by atoms with Crippen LogP contribution in [0.25, 0.3) is 0 Å². The number of imidazole rings is 1. The molecule has 0 bridgehead atoms. The van der Waals surface area contributed by atoms with Gasteiger partial charge in [0.1, 0.15) is 11.4 Å². The molecule has 7 nitrogen and oxygen atoms in total. The smallest absolute Gasteiger partial charge is 0.277 e. The molecule has 0 spiro atoms. The summed E-state index contributed by atoms with van der Waals surface area (Å²) in [4.78, 5) is 30.6. The Labute approximate surface area is 109 Å². The Hall–Kier alpha value is -2.44. The Morgan fingerprint density at radius 3 is 2.89 bits per heavy atom. The highest BCUT2D eigenvalue weighted by Crippen LogP contribution is 2.04. The number of nitrogens with zero attached hydrogens (tertiary/aromatic N) is 2. The SMILES string of the molecule is Cc1n[nH]c(=O)c(C(=O)NCCc2ncc[nH]2)c1C. The first-order chi connectivity index (χ1) is 9.09. The zero-order valence-electron chi connectivity index (χ0n) is 10.8. The maximum atomic E-state index is 12.0. The predicted molar refractivity (Wildman–Crippen MR) is 69.0 cm³/mol. The van der Waals surface area contributed by atoms with Gasteiger partial charge in [0, 0.05) is 25.4 Å². The summed E-state index contributed by atoms with van der Waals surface area (Å²) in [6, 6.07) is 0. The van der Waals surface area contributed by atoms with Gasteiger partial charge in [-0.25, -0.2) is 10.1 Å². The summed E-state index contributed by atoms with van der Waals surface area (Å²) in [6.07, 6.45) is 3.95. The minimum absolute atomic E-state index is 0.118. The van der Waals surface area contributed by atoms with Crippen LogP contribution in [0.1, 0.15) is 27.4 Å². The Kier molecular flexibility index (Phi) is 3.74. The molecule has 100 valence electrons. The molecule has 19 heavy (non-hydrogen) atoms. The third-order valence-corrected chi connectivity index (χ3v) is 2.90. The summed E-state index contributed by atoms with van der Waals surface area (Å²) in [6.45, 7) is 3.86. The fraction of sp³-hybridized carbons (Fsp3) is 0.333. The van der Waals surface area contributed by atoms with Crippen molar-refractivity contribution >= 4 is 5.91 Å². The molecule has 1 amide bonds. The molecule has 0 unspecified atom stereocenters.